The van der Waals surface area contributed by atoms with E-state index in [2.05, 4.69) is 62.4 Å². The fourth-order valence-corrected chi connectivity index (χ4v) is 6.08. The van der Waals surface area contributed by atoms with Crippen molar-refractivity contribution >= 4 is 62.0 Å². The van der Waals surface area contributed by atoms with Gasteiger partial charge in [-0.05, 0) is 0 Å². The third-order valence-corrected chi connectivity index (χ3v) is 8.79. The molecule has 0 radical (unpaired) electrons. The fraction of sp³-hybridized carbons (Fsp3) is 0.125. The zero-order valence-corrected chi connectivity index (χ0v) is 16.1. The van der Waals surface area contributed by atoms with Crippen molar-refractivity contribution in [2.24, 2.45) is 0 Å². The van der Waals surface area contributed by atoms with E-state index in [0.29, 0.717) is 0 Å². The summed E-state index contributed by atoms with van der Waals surface area (Å²) < 4.78 is 4.13. The summed E-state index contributed by atoms with van der Waals surface area (Å²) in [4.78, 5) is 0. The Bertz CT molecular complexity index is 546. The van der Waals surface area contributed by atoms with Crippen molar-refractivity contribution in [1.82, 2.24) is 0 Å². The van der Waals surface area contributed by atoms with E-state index in [4.69, 9.17) is 23.2 Å². The molecule has 0 saturated heterocycles. The zero-order valence-electron chi connectivity index (χ0n) is 11.2. The molecule has 0 amide bonds. The molecular weight excluding hydrogens is 421 g/mol. The normalized spacial score (nSPS) is 12.2. The Labute approximate surface area is 142 Å². The summed E-state index contributed by atoms with van der Waals surface area (Å²) in [5.41, 5.74) is 2.53. The Balaban J connectivity index is 2.06. The van der Waals surface area contributed by atoms with Gasteiger partial charge in [0, 0.05) is 0 Å². The predicted octanol–water partition coefficient (Wildman–Crippen LogP) is 3.27. The van der Waals surface area contributed by atoms with E-state index in [0.717, 1.165) is 7.86 Å². The first-order valence-electron chi connectivity index (χ1n) is 6.09. The second-order valence-electron chi connectivity index (χ2n) is 4.38. The van der Waals surface area contributed by atoms with Crippen LogP contribution in [0.2, 0.25) is 0 Å². The van der Waals surface area contributed by atoms with Crippen molar-refractivity contribution in [1.29, 1.82) is 0 Å². The molecule has 0 unspecified atom stereocenters. The van der Waals surface area contributed by atoms with Gasteiger partial charge in [0.2, 0.25) is 0 Å². The van der Waals surface area contributed by atoms with Crippen LogP contribution in [0, 0.1) is 13.8 Å². The molecule has 0 N–H and O–H groups in total. The molecule has 0 heterocycles. The van der Waals surface area contributed by atoms with E-state index in [9.17, 15) is 0 Å². The molecule has 0 aliphatic heterocycles. The molecule has 0 aliphatic rings. The van der Waals surface area contributed by atoms with Crippen molar-refractivity contribution < 1.29 is 0 Å². The summed E-state index contributed by atoms with van der Waals surface area (Å²) in [6.45, 7) is 4.17. The van der Waals surface area contributed by atoms with Crippen LogP contribution in [0.5, 0.6) is 0 Å². The van der Waals surface area contributed by atoms with Crippen LogP contribution in [-0.4, -0.2) is 29.9 Å². The Morgan fingerprint density at radius 1 is 0.650 bits per heavy atom. The van der Waals surface area contributed by atoms with Gasteiger partial charge in [0.05, 0.1) is 0 Å². The maximum atomic E-state index is 6.38. The van der Waals surface area contributed by atoms with Crippen LogP contribution in [0.25, 0.3) is 0 Å². The third kappa shape index (κ3) is 4.97. The minimum atomic E-state index is 0.0960. The Morgan fingerprint density at radius 3 is 1.25 bits per heavy atom. The second-order valence-corrected chi connectivity index (χ2v) is 10.7. The standard InChI is InChI=1S/C16H14Cl2Se2/c1-11-3-7-13(8-4-11)19-15(17)16(18)20-14-9-5-12(2)6-10-14/h3-10H,1-2H3/b16-15-. The van der Waals surface area contributed by atoms with Crippen LogP contribution >= 0.6 is 23.2 Å². The molecule has 2 aromatic carbocycles. The van der Waals surface area contributed by atoms with E-state index in [1.54, 1.807) is 0 Å². The number of hydrogen-bond donors (Lipinski definition) is 0. The summed E-state index contributed by atoms with van der Waals surface area (Å²) >= 11 is 12.9. The topological polar surface area (TPSA) is 0 Å². The van der Waals surface area contributed by atoms with Gasteiger partial charge in [0.15, 0.2) is 0 Å². The number of benzene rings is 2. The minimum absolute atomic E-state index is 0.0960. The van der Waals surface area contributed by atoms with E-state index in [1.807, 2.05) is 0 Å². The van der Waals surface area contributed by atoms with Gasteiger partial charge in [-0.25, -0.2) is 0 Å². The summed E-state index contributed by atoms with van der Waals surface area (Å²) in [6.07, 6.45) is 0. The van der Waals surface area contributed by atoms with Crippen LogP contribution in [0.4, 0.5) is 0 Å². The van der Waals surface area contributed by atoms with Crippen molar-refractivity contribution in [3.63, 3.8) is 0 Å². The van der Waals surface area contributed by atoms with Gasteiger partial charge in [-0.1, -0.05) is 0 Å². The van der Waals surface area contributed by atoms with E-state index < -0.39 is 0 Å². The van der Waals surface area contributed by atoms with E-state index >= 15 is 0 Å². The quantitative estimate of drug-likeness (QED) is 0.648. The Kier molecular flexibility index (Phi) is 6.23. The molecule has 20 heavy (non-hydrogen) atoms. The van der Waals surface area contributed by atoms with Gasteiger partial charge in [0.1, 0.15) is 0 Å². The monoisotopic (exact) mass is 436 g/mol. The average molecular weight is 435 g/mol. The number of hydrogen-bond acceptors (Lipinski definition) is 0. The van der Waals surface area contributed by atoms with Crippen LogP contribution in [0.15, 0.2) is 56.4 Å². The van der Waals surface area contributed by atoms with Crippen LogP contribution in [0.1, 0.15) is 11.1 Å². The average Bonchev–Trinajstić information content (AvgIpc) is 2.44. The SMILES string of the molecule is Cc1ccc([Se]/C(Cl)=C(/Cl)[Se]c2ccc(C)cc2)cc1. The molecule has 0 atom stereocenters. The molecule has 104 valence electrons. The van der Waals surface area contributed by atoms with Crippen molar-refractivity contribution in [2.75, 3.05) is 0 Å². The fourth-order valence-electron chi connectivity index (χ4n) is 1.50. The molecule has 2 aromatic rings. The first-order chi connectivity index (χ1) is 9.54. The Hall–Kier alpha value is -0.201. The summed E-state index contributed by atoms with van der Waals surface area (Å²) in [5, 5.41) is 0. The molecule has 0 fully saturated rings. The second kappa shape index (κ2) is 7.71. The van der Waals surface area contributed by atoms with Crippen molar-refractivity contribution in [3.8, 4) is 0 Å². The molecule has 0 bridgehead atoms. The van der Waals surface area contributed by atoms with Crippen LogP contribution in [-0.2, 0) is 0 Å². The van der Waals surface area contributed by atoms with Gasteiger partial charge in [-0.15, -0.1) is 0 Å². The summed E-state index contributed by atoms with van der Waals surface area (Å²) in [5.74, 6) is 0. The molecular formula is C16H14Cl2Se2. The first kappa shape index (κ1) is 16.2. The molecule has 0 spiro atoms. The molecule has 4 heteroatoms. The zero-order chi connectivity index (χ0) is 14.5. The van der Waals surface area contributed by atoms with Gasteiger partial charge in [-0.2, -0.15) is 0 Å². The summed E-state index contributed by atoms with van der Waals surface area (Å²) in [6, 6.07) is 16.9. The van der Waals surface area contributed by atoms with Crippen molar-refractivity contribution in [2.45, 2.75) is 13.8 Å². The van der Waals surface area contributed by atoms with Gasteiger partial charge in [-0.3, -0.25) is 0 Å². The van der Waals surface area contributed by atoms with Gasteiger partial charge < -0.3 is 0 Å². The van der Waals surface area contributed by atoms with Crippen LogP contribution in [0.3, 0.4) is 0 Å². The maximum absolute atomic E-state index is 6.38. The molecule has 0 aromatic heterocycles. The molecule has 0 saturated carbocycles. The van der Waals surface area contributed by atoms with Crippen LogP contribution < -0.4 is 8.92 Å². The number of rotatable bonds is 4. The van der Waals surface area contributed by atoms with Gasteiger partial charge in [0.25, 0.3) is 0 Å². The molecule has 0 nitrogen and oxygen atoms in total. The first-order valence-corrected chi connectivity index (χ1v) is 10.3. The van der Waals surface area contributed by atoms with E-state index in [1.165, 1.54) is 20.1 Å². The number of aryl methyl sites for hydroxylation is 2. The van der Waals surface area contributed by atoms with E-state index in [-0.39, 0.29) is 29.9 Å². The Morgan fingerprint density at radius 2 is 0.950 bits per heavy atom. The molecule has 0 aliphatic carbocycles. The molecule has 2 rings (SSSR count). The number of halogens is 2. The third-order valence-electron chi connectivity index (χ3n) is 2.61. The van der Waals surface area contributed by atoms with Gasteiger partial charge >= 0.3 is 143 Å². The summed E-state index contributed by atoms with van der Waals surface area (Å²) in [7, 11) is 0. The predicted molar refractivity (Wildman–Crippen MR) is 91.9 cm³/mol. The van der Waals surface area contributed by atoms with Crippen molar-refractivity contribution in [3.05, 3.63) is 67.5 Å².